The molecule has 1 aromatic heterocycles. The Balaban J connectivity index is 2.01. The number of carbonyl (C=O) groups is 1. The van der Waals surface area contributed by atoms with E-state index in [0.717, 1.165) is 12.1 Å². The van der Waals surface area contributed by atoms with E-state index in [4.69, 9.17) is 5.11 Å². The van der Waals surface area contributed by atoms with E-state index < -0.39 is 0 Å². The number of hydrogen-bond donors (Lipinski definition) is 2. The highest BCUT2D eigenvalue weighted by molar-refractivity contribution is 6.04. The lowest BCUT2D eigenvalue weighted by molar-refractivity contribution is 0.102. The first-order valence-electron chi connectivity index (χ1n) is 6.76. The molecule has 0 aliphatic carbocycles. The molecule has 0 radical (unpaired) electrons. The molecule has 0 atom stereocenters. The lowest BCUT2D eigenvalue weighted by atomic mass is 10.1. The van der Waals surface area contributed by atoms with Gasteiger partial charge >= 0.3 is 0 Å². The molecule has 0 aliphatic rings. The first kappa shape index (κ1) is 14.8. The lowest BCUT2D eigenvalue weighted by Crippen LogP contribution is -2.11. The van der Waals surface area contributed by atoms with Crippen molar-refractivity contribution in [3.05, 3.63) is 47.8 Å². The van der Waals surface area contributed by atoms with Gasteiger partial charge in [-0.25, -0.2) is 0 Å². The van der Waals surface area contributed by atoms with Crippen LogP contribution in [0.1, 0.15) is 29.3 Å². The van der Waals surface area contributed by atoms with Gasteiger partial charge in [0.25, 0.3) is 5.91 Å². The molecule has 2 aromatic rings. The van der Waals surface area contributed by atoms with E-state index in [1.165, 1.54) is 0 Å². The van der Waals surface area contributed by atoms with E-state index in [0.29, 0.717) is 17.7 Å². The molecule has 0 fully saturated rings. The van der Waals surface area contributed by atoms with E-state index in [1.807, 2.05) is 6.92 Å². The quantitative estimate of drug-likeness (QED) is 0.842. The van der Waals surface area contributed by atoms with Crippen molar-refractivity contribution in [1.29, 1.82) is 0 Å². The van der Waals surface area contributed by atoms with Gasteiger partial charge in [-0.15, -0.1) is 0 Å². The summed E-state index contributed by atoms with van der Waals surface area (Å²) in [6.07, 6.45) is 3.85. The lowest BCUT2D eigenvalue weighted by Gasteiger charge is -2.02. The van der Waals surface area contributed by atoms with Crippen molar-refractivity contribution in [2.75, 3.05) is 11.9 Å². The van der Waals surface area contributed by atoms with Gasteiger partial charge in [0.15, 0.2) is 0 Å². The average Bonchev–Trinajstić information content (AvgIpc) is 2.96. The summed E-state index contributed by atoms with van der Waals surface area (Å²) in [4.78, 5) is 12.1. The molecule has 21 heavy (non-hydrogen) atoms. The highest BCUT2D eigenvalue weighted by Gasteiger charge is 2.07. The molecule has 2 N–H and O–H groups in total. The minimum atomic E-state index is -0.180. The maximum absolute atomic E-state index is 12.1. The number of anilines is 1. The number of aryl methyl sites for hydroxylation is 1. The molecule has 1 aromatic carbocycles. The van der Waals surface area contributed by atoms with E-state index in [1.54, 1.807) is 41.3 Å². The van der Waals surface area contributed by atoms with Crippen molar-refractivity contribution in [3.8, 4) is 11.8 Å². The van der Waals surface area contributed by atoms with Gasteiger partial charge in [0.2, 0.25) is 0 Å². The number of aliphatic hydroxyl groups excluding tert-OH is 1. The molecule has 0 saturated heterocycles. The zero-order valence-corrected chi connectivity index (χ0v) is 11.8. The predicted octanol–water partition coefficient (Wildman–Crippen LogP) is 1.89. The smallest absolute Gasteiger partial charge is 0.255 e. The number of amides is 1. The van der Waals surface area contributed by atoms with Gasteiger partial charge in [0.05, 0.1) is 18.5 Å². The summed E-state index contributed by atoms with van der Waals surface area (Å²) in [5, 5.41) is 15.6. The fourth-order valence-electron chi connectivity index (χ4n) is 1.73. The molecule has 5 heteroatoms. The van der Waals surface area contributed by atoms with Crippen LogP contribution in [0.2, 0.25) is 0 Å². The van der Waals surface area contributed by atoms with Crippen LogP contribution in [0.3, 0.4) is 0 Å². The maximum atomic E-state index is 12.1. The molecule has 0 bridgehead atoms. The molecular formula is C16H17N3O2. The Morgan fingerprint density at radius 3 is 2.76 bits per heavy atom. The van der Waals surface area contributed by atoms with Crippen LogP contribution in [-0.4, -0.2) is 27.4 Å². The number of hydrogen-bond acceptors (Lipinski definition) is 3. The molecule has 2 rings (SSSR count). The summed E-state index contributed by atoms with van der Waals surface area (Å²) in [5.74, 6) is 5.57. The third-order valence-corrected chi connectivity index (χ3v) is 2.83. The van der Waals surface area contributed by atoms with Crippen LogP contribution >= 0.6 is 0 Å². The third-order valence-electron chi connectivity index (χ3n) is 2.83. The van der Waals surface area contributed by atoms with E-state index in [2.05, 4.69) is 22.3 Å². The first-order valence-corrected chi connectivity index (χ1v) is 6.76. The van der Waals surface area contributed by atoms with Crippen LogP contribution in [-0.2, 0) is 6.54 Å². The standard InChI is InChI=1S/C16H17N3O2/c1-2-19-12-15(11-17-19)18-16(21)14-8-6-13(7-9-14)5-3-4-10-20/h6-9,11-12,20H,2,4,10H2,1H3,(H,18,21). The number of rotatable bonds is 4. The zero-order chi connectivity index (χ0) is 15.1. The molecule has 1 amide bonds. The fraction of sp³-hybridized carbons (Fsp3) is 0.250. The predicted molar refractivity (Wildman–Crippen MR) is 80.9 cm³/mol. The highest BCUT2D eigenvalue weighted by atomic mass is 16.2. The van der Waals surface area contributed by atoms with Gasteiger partial charge in [-0.2, -0.15) is 5.10 Å². The number of aliphatic hydroxyl groups is 1. The molecule has 0 spiro atoms. The Morgan fingerprint density at radius 1 is 1.38 bits per heavy atom. The number of carbonyl (C=O) groups excluding carboxylic acids is 1. The summed E-state index contributed by atoms with van der Waals surface area (Å²) in [6, 6.07) is 7.02. The van der Waals surface area contributed by atoms with Gasteiger partial charge in [-0.3, -0.25) is 9.48 Å². The number of nitrogens with zero attached hydrogens (tertiary/aromatic N) is 2. The largest absolute Gasteiger partial charge is 0.395 e. The van der Waals surface area contributed by atoms with Crippen molar-refractivity contribution < 1.29 is 9.90 Å². The van der Waals surface area contributed by atoms with Crippen molar-refractivity contribution in [3.63, 3.8) is 0 Å². The normalized spacial score (nSPS) is 9.81. The summed E-state index contributed by atoms with van der Waals surface area (Å²) in [5.41, 5.74) is 2.06. The highest BCUT2D eigenvalue weighted by Crippen LogP contribution is 2.09. The average molecular weight is 283 g/mol. The van der Waals surface area contributed by atoms with Crippen molar-refractivity contribution in [1.82, 2.24) is 9.78 Å². The molecule has 1 heterocycles. The summed E-state index contributed by atoms with van der Waals surface area (Å²) >= 11 is 0. The number of nitrogens with one attached hydrogen (secondary N) is 1. The maximum Gasteiger partial charge on any atom is 0.255 e. The van der Waals surface area contributed by atoms with Crippen molar-refractivity contribution in [2.45, 2.75) is 19.9 Å². The minimum Gasteiger partial charge on any atom is -0.395 e. The molecule has 0 saturated carbocycles. The second-order valence-corrected chi connectivity index (χ2v) is 4.39. The van der Waals surface area contributed by atoms with Gasteiger partial charge in [0.1, 0.15) is 0 Å². The van der Waals surface area contributed by atoms with Gasteiger partial charge in [-0.1, -0.05) is 11.8 Å². The summed E-state index contributed by atoms with van der Waals surface area (Å²) in [6.45, 7) is 2.80. The van der Waals surface area contributed by atoms with Gasteiger partial charge in [0, 0.05) is 30.3 Å². The van der Waals surface area contributed by atoms with Crippen LogP contribution in [0.25, 0.3) is 0 Å². The Kier molecular flexibility index (Phi) is 5.13. The van der Waals surface area contributed by atoms with Crippen LogP contribution in [0.4, 0.5) is 5.69 Å². The molecule has 5 nitrogen and oxygen atoms in total. The molecule has 0 aliphatic heterocycles. The second-order valence-electron chi connectivity index (χ2n) is 4.39. The molecule has 108 valence electrons. The SMILES string of the molecule is CCn1cc(NC(=O)c2ccc(C#CCCO)cc2)cn1. The first-order chi connectivity index (χ1) is 10.2. The number of aromatic nitrogens is 2. The topological polar surface area (TPSA) is 67.2 Å². The molecule has 0 unspecified atom stereocenters. The minimum absolute atomic E-state index is 0.0545. The van der Waals surface area contributed by atoms with E-state index >= 15 is 0 Å². The van der Waals surface area contributed by atoms with Crippen molar-refractivity contribution >= 4 is 11.6 Å². The van der Waals surface area contributed by atoms with E-state index in [9.17, 15) is 4.79 Å². The Morgan fingerprint density at radius 2 is 2.14 bits per heavy atom. The summed E-state index contributed by atoms with van der Waals surface area (Å²) < 4.78 is 1.75. The Labute approximate surface area is 123 Å². The van der Waals surface area contributed by atoms with Crippen LogP contribution < -0.4 is 5.32 Å². The fourth-order valence-corrected chi connectivity index (χ4v) is 1.73. The monoisotopic (exact) mass is 283 g/mol. The number of benzene rings is 1. The Hall–Kier alpha value is -2.58. The Bertz CT molecular complexity index is 663. The van der Waals surface area contributed by atoms with Crippen LogP contribution in [0, 0.1) is 11.8 Å². The third kappa shape index (κ3) is 4.20. The van der Waals surface area contributed by atoms with Crippen molar-refractivity contribution in [2.24, 2.45) is 0 Å². The second kappa shape index (κ2) is 7.27. The van der Waals surface area contributed by atoms with Gasteiger partial charge in [-0.05, 0) is 31.2 Å². The van der Waals surface area contributed by atoms with E-state index in [-0.39, 0.29) is 12.5 Å². The van der Waals surface area contributed by atoms with Crippen LogP contribution in [0.15, 0.2) is 36.7 Å². The van der Waals surface area contributed by atoms with Crippen LogP contribution in [0.5, 0.6) is 0 Å². The molecular weight excluding hydrogens is 266 g/mol. The van der Waals surface area contributed by atoms with Gasteiger partial charge < -0.3 is 10.4 Å². The zero-order valence-electron chi connectivity index (χ0n) is 11.8. The summed E-state index contributed by atoms with van der Waals surface area (Å²) in [7, 11) is 0.